The minimum absolute atomic E-state index is 0.0241. The Bertz CT molecular complexity index is 628. The second-order valence-corrected chi connectivity index (χ2v) is 10.8. The molecule has 0 unspecified atom stereocenters. The molecule has 0 aromatic rings. The van der Waals surface area contributed by atoms with Gasteiger partial charge in [0.05, 0.1) is 6.26 Å². The SMILES string of the molecule is CC(C)(C)NC(=O)N1CCC(CNC(=O)C2CCN(S(C)(=O)=O)CC2)CC1. The van der Waals surface area contributed by atoms with Crippen molar-refractivity contribution in [1.82, 2.24) is 19.8 Å². The van der Waals surface area contributed by atoms with E-state index in [-0.39, 0.29) is 23.4 Å². The molecule has 156 valence electrons. The van der Waals surface area contributed by atoms with Crippen molar-refractivity contribution < 1.29 is 18.0 Å². The molecule has 2 aliphatic rings. The molecule has 0 saturated carbocycles. The molecule has 2 heterocycles. The zero-order chi connectivity index (χ0) is 20.2. The summed E-state index contributed by atoms with van der Waals surface area (Å²) in [6, 6.07) is -0.0254. The maximum absolute atomic E-state index is 12.4. The second kappa shape index (κ2) is 8.77. The van der Waals surface area contributed by atoms with Crippen molar-refractivity contribution in [2.45, 2.75) is 52.0 Å². The van der Waals surface area contributed by atoms with Crippen LogP contribution in [0.15, 0.2) is 0 Å². The molecule has 0 aliphatic carbocycles. The van der Waals surface area contributed by atoms with E-state index in [2.05, 4.69) is 10.6 Å². The van der Waals surface area contributed by atoms with E-state index in [1.54, 1.807) is 0 Å². The van der Waals surface area contributed by atoms with Crippen LogP contribution in [0, 0.1) is 11.8 Å². The van der Waals surface area contributed by atoms with Gasteiger partial charge in [-0.25, -0.2) is 17.5 Å². The summed E-state index contributed by atoms with van der Waals surface area (Å²) in [5.74, 6) is 0.292. The lowest BCUT2D eigenvalue weighted by Gasteiger charge is -2.34. The first-order valence-electron chi connectivity index (χ1n) is 9.75. The number of hydrogen-bond donors (Lipinski definition) is 2. The van der Waals surface area contributed by atoms with Crippen LogP contribution in [-0.2, 0) is 14.8 Å². The number of amides is 3. The molecule has 0 aromatic carbocycles. The molecule has 2 aliphatic heterocycles. The predicted molar refractivity (Wildman–Crippen MR) is 105 cm³/mol. The molecule has 0 spiro atoms. The molecule has 0 radical (unpaired) electrons. The van der Waals surface area contributed by atoms with Gasteiger partial charge in [-0.05, 0) is 52.4 Å². The summed E-state index contributed by atoms with van der Waals surface area (Å²) >= 11 is 0. The van der Waals surface area contributed by atoms with E-state index in [0.717, 1.165) is 12.8 Å². The standard InChI is InChI=1S/C18H34N4O4S/c1-18(2,3)20-17(24)21-9-5-14(6-10-21)13-19-16(23)15-7-11-22(12-8-15)27(4,25)26/h14-15H,5-13H2,1-4H3,(H,19,23)(H,20,24). The number of sulfonamides is 1. The van der Waals surface area contributed by atoms with Crippen LogP contribution < -0.4 is 10.6 Å². The van der Waals surface area contributed by atoms with Crippen LogP contribution in [0.3, 0.4) is 0 Å². The number of carbonyl (C=O) groups is 2. The molecule has 0 aromatic heterocycles. The summed E-state index contributed by atoms with van der Waals surface area (Å²) in [6.07, 6.45) is 4.12. The number of nitrogens with one attached hydrogen (secondary N) is 2. The summed E-state index contributed by atoms with van der Waals surface area (Å²) in [7, 11) is -3.16. The number of carbonyl (C=O) groups excluding carboxylic acids is 2. The van der Waals surface area contributed by atoms with E-state index in [0.29, 0.717) is 51.5 Å². The maximum atomic E-state index is 12.4. The van der Waals surface area contributed by atoms with Gasteiger partial charge >= 0.3 is 6.03 Å². The van der Waals surface area contributed by atoms with Gasteiger partial charge in [0.25, 0.3) is 0 Å². The highest BCUT2D eigenvalue weighted by atomic mass is 32.2. The van der Waals surface area contributed by atoms with Gasteiger partial charge in [0.15, 0.2) is 0 Å². The van der Waals surface area contributed by atoms with E-state index in [1.165, 1.54) is 10.6 Å². The first kappa shape index (κ1) is 21.9. The summed E-state index contributed by atoms with van der Waals surface area (Å²) in [5, 5.41) is 6.01. The van der Waals surface area contributed by atoms with Crippen LogP contribution in [0.2, 0.25) is 0 Å². The van der Waals surface area contributed by atoms with Gasteiger partial charge in [0, 0.05) is 44.2 Å². The number of piperidine rings is 2. The van der Waals surface area contributed by atoms with Crippen LogP contribution >= 0.6 is 0 Å². The lowest BCUT2D eigenvalue weighted by Crippen LogP contribution is -2.51. The summed E-state index contributed by atoms with van der Waals surface area (Å²) < 4.78 is 24.5. The Morgan fingerprint density at radius 2 is 1.56 bits per heavy atom. The maximum Gasteiger partial charge on any atom is 0.317 e. The molecule has 2 fully saturated rings. The highest BCUT2D eigenvalue weighted by Gasteiger charge is 2.30. The van der Waals surface area contributed by atoms with Gasteiger partial charge in [-0.3, -0.25) is 4.79 Å². The predicted octanol–water partition coefficient (Wildman–Crippen LogP) is 0.994. The Morgan fingerprint density at radius 3 is 2.04 bits per heavy atom. The van der Waals surface area contributed by atoms with Crippen molar-refractivity contribution in [3.63, 3.8) is 0 Å². The van der Waals surface area contributed by atoms with Gasteiger partial charge in [-0.2, -0.15) is 0 Å². The van der Waals surface area contributed by atoms with Crippen LogP contribution in [-0.4, -0.2) is 74.1 Å². The fourth-order valence-corrected chi connectivity index (χ4v) is 4.45. The Hall–Kier alpha value is -1.35. The van der Waals surface area contributed by atoms with Gasteiger partial charge in [0.1, 0.15) is 0 Å². The number of likely N-dealkylation sites (tertiary alicyclic amines) is 1. The molecular weight excluding hydrogens is 368 g/mol. The summed E-state index contributed by atoms with van der Waals surface area (Å²) in [6.45, 7) is 8.76. The number of hydrogen-bond acceptors (Lipinski definition) is 4. The molecule has 2 rings (SSSR count). The van der Waals surface area contributed by atoms with Crippen LogP contribution in [0.1, 0.15) is 46.5 Å². The van der Waals surface area contributed by atoms with Crippen molar-refractivity contribution in [2.75, 3.05) is 39.0 Å². The lowest BCUT2D eigenvalue weighted by molar-refractivity contribution is -0.126. The Labute approximate surface area is 163 Å². The van der Waals surface area contributed by atoms with E-state index >= 15 is 0 Å². The number of urea groups is 1. The Morgan fingerprint density at radius 1 is 1.00 bits per heavy atom. The highest BCUT2D eigenvalue weighted by molar-refractivity contribution is 7.88. The average molecular weight is 403 g/mol. The zero-order valence-electron chi connectivity index (χ0n) is 17.0. The highest BCUT2D eigenvalue weighted by Crippen LogP contribution is 2.21. The molecule has 9 heteroatoms. The van der Waals surface area contributed by atoms with Gasteiger partial charge in [0.2, 0.25) is 15.9 Å². The van der Waals surface area contributed by atoms with E-state index in [9.17, 15) is 18.0 Å². The molecule has 0 bridgehead atoms. The third kappa shape index (κ3) is 6.95. The third-order valence-electron chi connectivity index (χ3n) is 5.24. The van der Waals surface area contributed by atoms with Gasteiger partial charge in [-0.15, -0.1) is 0 Å². The smallest absolute Gasteiger partial charge is 0.317 e. The molecule has 8 nitrogen and oxygen atoms in total. The monoisotopic (exact) mass is 402 g/mol. The second-order valence-electron chi connectivity index (χ2n) is 8.79. The van der Waals surface area contributed by atoms with Crippen molar-refractivity contribution in [1.29, 1.82) is 0 Å². The summed E-state index contributed by atoms with van der Waals surface area (Å²) in [5.41, 5.74) is -0.241. The van der Waals surface area contributed by atoms with E-state index < -0.39 is 10.0 Å². The Balaban J connectivity index is 1.68. The normalized spacial score (nSPS) is 21.1. The quantitative estimate of drug-likeness (QED) is 0.733. The fourth-order valence-electron chi connectivity index (χ4n) is 3.58. The topological polar surface area (TPSA) is 98.8 Å². The third-order valence-corrected chi connectivity index (χ3v) is 6.55. The first-order valence-corrected chi connectivity index (χ1v) is 11.6. The van der Waals surface area contributed by atoms with Crippen molar-refractivity contribution in [2.24, 2.45) is 11.8 Å². The fraction of sp³-hybridized carbons (Fsp3) is 0.889. The molecule has 3 amide bonds. The first-order chi connectivity index (χ1) is 12.5. The van der Waals surface area contributed by atoms with Crippen molar-refractivity contribution >= 4 is 22.0 Å². The molecule has 2 saturated heterocycles. The molecule has 27 heavy (non-hydrogen) atoms. The van der Waals surface area contributed by atoms with Crippen LogP contribution in [0.25, 0.3) is 0 Å². The summed E-state index contributed by atoms with van der Waals surface area (Å²) in [4.78, 5) is 26.4. The van der Waals surface area contributed by atoms with Crippen LogP contribution in [0.4, 0.5) is 4.79 Å². The van der Waals surface area contributed by atoms with Gasteiger partial charge < -0.3 is 15.5 Å². The molecule has 2 N–H and O–H groups in total. The van der Waals surface area contributed by atoms with E-state index in [1.807, 2.05) is 25.7 Å². The van der Waals surface area contributed by atoms with Gasteiger partial charge in [-0.1, -0.05) is 0 Å². The largest absolute Gasteiger partial charge is 0.356 e. The number of rotatable bonds is 4. The lowest BCUT2D eigenvalue weighted by atomic mass is 9.94. The van der Waals surface area contributed by atoms with Crippen molar-refractivity contribution in [3.05, 3.63) is 0 Å². The minimum Gasteiger partial charge on any atom is -0.356 e. The average Bonchev–Trinajstić information content (AvgIpc) is 2.58. The van der Waals surface area contributed by atoms with E-state index in [4.69, 9.17) is 0 Å². The zero-order valence-corrected chi connectivity index (χ0v) is 17.8. The van der Waals surface area contributed by atoms with Crippen molar-refractivity contribution in [3.8, 4) is 0 Å². The molecular formula is C18H34N4O4S. The Kier molecular flexibility index (Phi) is 7.13. The minimum atomic E-state index is -3.16. The molecule has 0 atom stereocenters. The number of nitrogens with zero attached hydrogens (tertiary/aromatic N) is 2. The van der Waals surface area contributed by atoms with Crippen LogP contribution in [0.5, 0.6) is 0 Å².